The van der Waals surface area contributed by atoms with Crippen LogP contribution in [0.3, 0.4) is 0 Å². The monoisotopic (exact) mass is 498 g/mol. The minimum Gasteiger partial charge on any atom is -0.497 e. The van der Waals surface area contributed by atoms with Crippen LogP contribution in [0.2, 0.25) is 0 Å². The zero-order valence-corrected chi connectivity index (χ0v) is 20.7. The van der Waals surface area contributed by atoms with E-state index in [1.807, 2.05) is 70.9 Å². The van der Waals surface area contributed by atoms with Crippen molar-refractivity contribution in [2.45, 2.75) is 12.5 Å². The number of carbonyl (C=O) groups excluding carboxylic acids is 2. The van der Waals surface area contributed by atoms with E-state index in [0.29, 0.717) is 18.0 Å². The van der Waals surface area contributed by atoms with Crippen molar-refractivity contribution in [1.82, 2.24) is 4.90 Å². The maximum atomic E-state index is 13.4. The van der Waals surface area contributed by atoms with Crippen LogP contribution in [0, 0.1) is 0 Å². The number of methoxy groups -OCH3 is 1. The van der Waals surface area contributed by atoms with E-state index in [4.69, 9.17) is 9.47 Å². The van der Waals surface area contributed by atoms with E-state index < -0.39 is 0 Å². The molecule has 36 heavy (non-hydrogen) atoms. The van der Waals surface area contributed by atoms with Crippen molar-refractivity contribution in [2.75, 3.05) is 25.6 Å². The van der Waals surface area contributed by atoms with Crippen LogP contribution >= 0.6 is 11.3 Å². The molecule has 6 nitrogen and oxygen atoms in total. The number of benzene rings is 3. The van der Waals surface area contributed by atoms with Crippen LogP contribution in [0.25, 0.3) is 0 Å². The maximum Gasteiger partial charge on any atom is 0.264 e. The number of anilines is 1. The van der Waals surface area contributed by atoms with Gasteiger partial charge in [-0.25, -0.2) is 0 Å². The zero-order valence-electron chi connectivity index (χ0n) is 19.8. The van der Waals surface area contributed by atoms with Crippen LogP contribution in [-0.4, -0.2) is 37.0 Å². The minimum absolute atomic E-state index is 0.0229. The molecule has 2 heterocycles. The van der Waals surface area contributed by atoms with Crippen LogP contribution in [-0.2, 0) is 11.2 Å². The summed E-state index contributed by atoms with van der Waals surface area (Å²) in [6, 6.07) is 26.6. The van der Waals surface area contributed by atoms with Crippen molar-refractivity contribution in [3.8, 4) is 11.5 Å². The number of nitrogens with zero attached hydrogens (tertiary/aromatic N) is 1. The van der Waals surface area contributed by atoms with Crippen molar-refractivity contribution >= 4 is 28.8 Å². The van der Waals surface area contributed by atoms with Gasteiger partial charge in [0.2, 0.25) is 0 Å². The summed E-state index contributed by atoms with van der Waals surface area (Å²) in [5, 5.41) is 4.75. The summed E-state index contributed by atoms with van der Waals surface area (Å²) in [4.78, 5) is 28.5. The minimum atomic E-state index is -0.257. The lowest BCUT2D eigenvalue weighted by atomic mass is 9.88. The molecule has 182 valence electrons. The fraction of sp³-hybridized carbons (Fsp3) is 0.172. The van der Waals surface area contributed by atoms with E-state index in [2.05, 4.69) is 5.32 Å². The average Bonchev–Trinajstić information content (AvgIpc) is 3.47. The average molecular weight is 499 g/mol. The molecule has 1 aliphatic heterocycles. The third-order valence-electron chi connectivity index (χ3n) is 6.20. The Morgan fingerprint density at radius 2 is 1.75 bits per heavy atom. The number of fused-ring (bicyclic) bond motifs is 1. The lowest BCUT2D eigenvalue weighted by molar-refractivity contribution is -0.118. The molecule has 1 unspecified atom stereocenters. The first-order chi connectivity index (χ1) is 17.6. The SMILES string of the molecule is COc1ccc(NC(=O)COc2ccc3c(c2)C(c2ccccc2)N(C(=O)c2cccs2)CC3)cc1. The molecule has 7 heteroatoms. The Morgan fingerprint density at radius 3 is 2.47 bits per heavy atom. The summed E-state index contributed by atoms with van der Waals surface area (Å²) in [6.07, 6.45) is 0.758. The van der Waals surface area contributed by atoms with Crippen molar-refractivity contribution in [3.05, 3.63) is 112 Å². The molecule has 2 amide bonds. The molecule has 1 aromatic heterocycles. The maximum absolute atomic E-state index is 13.4. The molecule has 0 saturated heterocycles. The van der Waals surface area contributed by atoms with Gasteiger partial charge in [-0.1, -0.05) is 42.5 Å². The lowest BCUT2D eigenvalue weighted by Gasteiger charge is -2.37. The Hall–Kier alpha value is -4.10. The molecule has 0 bridgehead atoms. The van der Waals surface area contributed by atoms with Gasteiger partial charge in [0.05, 0.1) is 18.0 Å². The van der Waals surface area contributed by atoms with Gasteiger partial charge in [-0.15, -0.1) is 11.3 Å². The largest absolute Gasteiger partial charge is 0.497 e. The highest BCUT2D eigenvalue weighted by molar-refractivity contribution is 7.12. The summed E-state index contributed by atoms with van der Waals surface area (Å²) < 4.78 is 11.0. The topological polar surface area (TPSA) is 67.9 Å². The molecule has 0 radical (unpaired) electrons. The smallest absolute Gasteiger partial charge is 0.264 e. The van der Waals surface area contributed by atoms with Crippen LogP contribution in [0.1, 0.15) is 32.4 Å². The van der Waals surface area contributed by atoms with Crippen LogP contribution in [0.15, 0.2) is 90.3 Å². The molecule has 0 saturated carbocycles. The number of amides is 2. The molecule has 0 aliphatic carbocycles. The second-order valence-electron chi connectivity index (χ2n) is 8.47. The Balaban J connectivity index is 1.36. The fourth-order valence-corrected chi connectivity index (χ4v) is 5.14. The first-order valence-electron chi connectivity index (χ1n) is 11.7. The first-order valence-corrected chi connectivity index (χ1v) is 12.6. The highest BCUT2D eigenvalue weighted by Crippen LogP contribution is 2.38. The predicted octanol–water partition coefficient (Wildman–Crippen LogP) is 5.56. The molecule has 4 aromatic rings. The molecule has 1 aliphatic rings. The third kappa shape index (κ3) is 5.11. The van der Waals surface area contributed by atoms with Gasteiger partial charge in [0, 0.05) is 12.2 Å². The Labute approximate surface area is 214 Å². The van der Waals surface area contributed by atoms with Gasteiger partial charge in [-0.3, -0.25) is 9.59 Å². The Bertz CT molecular complexity index is 1340. The number of nitrogens with one attached hydrogen (secondary N) is 1. The Morgan fingerprint density at radius 1 is 0.972 bits per heavy atom. The van der Waals surface area contributed by atoms with Crippen LogP contribution in [0.4, 0.5) is 5.69 Å². The molecule has 1 N–H and O–H groups in total. The second kappa shape index (κ2) is 10.7. The van der Waals surface area contributed by atoms with Gasteiger partial charge < -0.3 is 19.7 Å². The van der Waals surface area contributed by atoms with E-state index in [1.54, 1.807) is 31.4 Å². The Kier molecular flexibility index (Phi) is 7.00. The summed E-state index contributed by atoms with van der Waals surface area (Å²) in [5.74, 6) is 1.07. The van der Waals surface area contributed by atoms with Crippen molar-refractivity contribution in [3.63, 3.8) is 0 Å². The normalized spacial score (nSPS) is 14.6. The predicted molar refractivity (Wildman–Crippen MR) is 141 cm³/mol. The lowest BCUT2D eigenvalue weighted by Crippen LogP contribution is -2.40. The number of hydrogen-bond acceptors (Lipinski definition) is 5. The van der Waals surface area contributed by atoms with Gasteiger partial charge in [-0.05, 0) is 71.0 Å². The zero-order chi connectivity index (χ0) is 24.9. The summed E-state index contributed by atoms with van der Waals surface area (Å²) in [5.41, 5.74) is 3.90. The molecular formula is C29H26N2O4S. The number of hydrogen-bond donors (Lipinski definition) is 1. The van der Waals surface area contributed by atoms with Gasteiger partial charge in [0.25, 0.3) is 11.8 Å². The van der Waals surface area contributed by atoms with E-state index in [9.17, 15) is 9.59 Å². The van der Waals surface area contributed by atoms with E-state index in [-0.39, 0.29) is 24.5 Å². The van der Waals surface area contributed by atoms with Gasteiger partial charge >= 0.3 is 0 Å². The molecule has 1 atom stereocenters. The molecule has 5 rings (SSSR count). The van der Waals surface area contributed by atoms with Gasteiger partial charge in [0.15, 0.2) is 6.61 Å². The van der Waals surface area contributed by atoms with Crippen LogP contribution in [0.5, 0.6) is 11.5 Å². The number of rotatable bonds is 7. The number of carbonyl (C=O) groups is 2. The molecular weight excluding hydrogens is 472 g/mol. The quantitative estimate of drug-likeness (QED) is 0.362. The van der Waals surface area contributed by atoms with E-state index >= 15 is 0 Å². The third-order valence-corrected chi connectivity index (χ3v) is 7.06. The first kappa shape index (κ1) is 23.6. The second-order valence-corrected chi connectivity index (χ2v) is 9.41. The van der Waals surface area contributed by atoms with Gasteiger partial charge in [0.1, 0.15) is 11.5 Å². The van der Waals surface area contributed by atoms with Crippen molar-refractivity contribution in [2.24, 2.45) is 0 Å². The van der Waals surface area contributed by atoms with Crippen molar-refractivity contribution < 1.29 is 19.1 Å². The van der Waals surface area contributed by atoms with Crippen LogP contribution < -0.4 is 14.8 Å². The molecule has 0 fully saturated rings. The van der Waals surface area contributed by atoms with E-state index in [0.717, 1.165) is 28.2 Å². The number of ether oxygens (including phenoxy) is 2. The molecule has 3 aromatic carbocycles. The van der Waals surface area contributed by atoms with Crippen molar-refractivity contribution in [1.29, 1.82) is 0 Å². The highest BCUT2D eigenvalue weighted by atomic mass is 32.1. The fourth-order valence-electron chi connectivity index (χ4n) is 4.46. The number of thiophene rings is 1. The van der Waals surface area contributed by atoms with E-state index in [1.165, 1.54) is 16.9 Å². The summed E-state index contributed by atoms with van der Waals surface area (Å²) >= 11 is 1.45. The molecule has 0 spiro atoms. The van der Waals surface area contributed by atoms with Gasteiger partial charge in [-0.2, -0.15) is 0 Å². The summed E-state index contributed by atoms with van der Waals surface area (Å²) in [6.45, 7) is 0.506. The standard InChI is InChI=1S/C29H26N2O4S/c1-34-23-13-10-22(11-14-23)30-27(32)19-35-24-12-9-20-15-16-31(29(33)26-8-5-17-36-26)28(25(20)18-24)21-6-3-2-4-7-21/h2-14,17-18,28H,15-16,19H2,1H3,(H,30,32). The summed E-state index contributed by atoms with van der Waals surface area (Å²) in [7, 11) is 1.60. The highest BCUT2D eigenvalue weighted by Gasteiger charge is 2.33.